The summed E-state index contributed by atoms with van der Waals surface area (Å²) in [7, 11) is 4.98. The van der Waals surface area contributed by atoms with Crippen molar-refractivity contribution in [1.82, 2.24) is 10.2 Å². The summed E-state index contributed by atoms with van der Waals surface area (Å²) in [5.74, 6) is 2.25. The number of fused-ring (bicyclic) bond motifs is 1. The molecule has 1 N–H and O–H groups in total. The van der Waals surface area contributed by atoms with Crippen LogP contribution in [0.25, 0.3) is 0 Å². The lowest BCUT2D eigenvalue weighted by atomic mass is 9.87. The molecule has 0 fully saturated rings. The van der Waals surface area contributed by atoms with E-state index in [0.717, 1.165) is 36.6 Å². The van der Waals surface area contributed by atoms with Gasteiger partial charge in [0.15, 0.2) is 11.5 Å². The number of carbonyl (C=O) groups is 1. The van der Waals surface area contributed by atoms with Crippen molar-refractivity contribution in [1.29, 1.82) is 0 Å². The van der Waals surface area contributed by atoms with Crippen molar-refractivity contribution in [2.45, 2.75) is 38.9 Å². The van der Waals surface area contributed by atoms with E-state index in [1.165, 1.54) is 11.1 Å². The summed E-state index contributed by atoms with van der Waals surface area (Å²) in [6.45, 7) is 5.26. The highest BCUT2D eigenvalue weighted by Gasteiger charge is 2.33. The molecule has 29 heavy (non-hydrogen) atoms. The smallest absolute Gasteiger partial charge is 0.217 e. The lowest BCUT2D eigenvalue weighted by Crippen LogP contribution is -2.46. The molecular formula is C23H30N2O4. The molecule has 3 rings (SSSR count). The second-order valence-electron chi connectivity index (χ2n) is 7.41. The number of benzene rings is 2. The zero-order valence-electron chi connectivity index (χ0n) is 17.8. The van der Waals surface area contributed by atoms with E-state index in [9.17, 15) is 4.79 Å². The summed E-state index contributed by atoms with van der Waals surface area (Å²) < 4.78 is 16.4. The highest BCUT2D eigenvalue weighted by atomic mass is 16.5. The quantitative estimate of drug-likeness (QED) is 0.775. The van der Waals surface area contributed by atoms with E-state index in [-0.39, 0.29) is 18.0 Å². The highest BCUT2D eigenvalue weighted by Crippen LogP contribution is 2.40. The number of hydrogen-bond acceptors (Lipinski definition) is 5. The molecular weight excluding hydrogens is 368 g/mol. The van der Waals surface area contributed by atoms with Gasteiger partial charge in [-0.3, -0.25) is 9.69 Å². The monoisotopic (exact) mass is 398 g/mol. The Bertz CT molecular complexity index is 868. The SMILES string of the molecule is COc1cccc(CN2CCc3cc(OC)c(OC)cc3[C@H]2[C@@H](C)NC(C)=O)c1. The van der Waals surface area contributed by atoms with Gasteiger partial charge in [-0.15, -0.1) is 0 Å². The summed E-state index contributed by atoms with van der Waals surface area (Å²) >= 11 is 0. The predicted molar refractivity (Wildman–Crippen MR) is 113 cm³/mol. The molecule has 0 aliphatic carbocycles. The van der Waals surface area contributed by atoms with Crippen LogP contribution in [0, 0.1) is 0 Å². The highest BCUT2D eigenvalue weighted by molar-refractivity contribution is 5.73. The minimum atomic E-state index is -0.0599. The van der Waals surface area contributed by atoms with Crippen LogP contribution in [0.1, 0.15) is 36.6 Å². The molecule has 0 aromatic heterocycles. The predicted octanol–water partition coefficient (Wildman–Crippen LogP) is 3.34. The molecule has 6 heteroatoms. The average Bonchev–Trinajstić information content (AvgIpc) is 2.72. The van der Waals surface area contributed by atoms with Gasteiger partial charge < -0.3 is 19.5 Å². The molecule has 2 atom stereocenters. The zero-order valence-corrected chi connectivity index (χ0v) is 17.8. The number of carbonyl (C=O) groups excluding carboxylic acids is 1. The van der Waals surface area contributed by atoms with Gasteiger partial charge in [0.1, 0.15) is 5.75 Å². The molecule has 2 aromatic carbocycles. The Balaban J connectivity index is 1.99. The van der Waals surface area contributed by atoms with Crippen LogP contribution in [0.15, 0.2) is 36.4 Å². The van der Waals surface area contributed by atoms with Crippen molar-refractivity contribution < 1.29 is 19.0 Å². The van der Waals surface area contributed by atoms with Crippen LogP contribution in [-0.2, 0) is 17.8 Å². The van der Waals surface area contributed by atoms with Crippen molar-refractivity contribution in [3.05, 3.63) is 53.1 Å². The van der Waals surface area contributed by atoms with Crippen LogP contribution >= 0.6 is 0 Å². The zero-order chi connectivity index (χ0) is 21.0. The molecule has 0 spiro atoms. The Morgan fingerprint density at radius 2 is 1.86 bits per heavy atom. The Labute approximate surface area is 172 Å². The van der Waals surface area contributed by atoms with Crippen LogP contribution in [0.3, 0.4) is 0 Å². The van der Waals surface area contributed by atoms with Crippen molar-refractivity contribution >= 4 is 5.91 Å². The molecule has 0 unspecified atom stereocenters. The number of rotatable bonds is 7. The van der Waals surface area contributed by atoms with E-state index in [1.807, 2.05) is 12.1 Å². The first kappa shape index (κ1) is 21.0. The molecule has 156 valence electrons. The number of methoxy groups -OCH3 is 3. The third-order valence-corrected chi connectivity index (χ3v) is 5.45. The second kappa shape index (κ2) is 9.18. The first-order valence-electron chi connectivity index (χ1n) is 9.85. The third-order valence-electron chi connectivity index (χ3n) is 5.45. The molecule has 1 aliphatic rings. The second-order valence-corrected chi connectivity index (χ2v) is 7.41. The van der Waals surface area contributed by atoms with Gasteiger partial charge in [-0.2, -0.15) is 0 Å². The standard InChI is InChI=1S/C23H30N2O4/c1-15(24-16(2)26)23-20-13-22(29-5)21(28-4)12-18(20)9-10-25(23)14-17-7-6-8-19(11-17)27-3/h6-8,11-13,15,23H,9-10,14H2,1-5H3,(H,24,26)/t15-,23-/m1/s1. The van der Waals surface area contributed by atoms with Crippen molar-refractivity contribution in [2.75, 3.05) is 27.9 Å². The van der Waals surface area contributed by atoms with Gasteiger partial charge in [-0.05, 0) is 54.3 Å². The van der Waals surface area contributed by atoms with E-state index < -0.39 is 0 Å². The Kier molecular flexibility index (Phi) is 6.64. The molecule has 0 saturated heterocycles. The van der Waals surface area contributed by atoms with E-state index in [1.54, 1.807) is 28.3 Å². The molecule has 1 heterocycles. The summed E-state index contributed by atoms with van der Waals surface area (Å²) in [6.07, 6.45) is 0.906. The Morgan fingerprint density at radius 1 is 1.14 bits per heavy atom. The molecule has 1 aliphatic heterocycles. The summed E-state index contributed by atoms with van der Waals surface area (Å²) in [5, 5.41) is 3.08. The number of nitrogens with one attached hydrogen (secondary N) is 1. The van der Waals surface area contributed by atoms with Crippen LogP contribution in [0.2, 0.25) is 0 Å². The lowest BCUT2D eigenvalue weighted by Gasteiger charge is -2.41. The minimum Gasteiger partial charge on any atom is -0.497 e. The van der Waals surface area contributed by atoms with Crippen LogP contribution in [-0.4, -0.2) is 44.7 Å². The van der Waals surface area contributed by atoms with Crippen LogP contribution < -0.4 is 19.5 Å². The number of nitrogens with zero attached hydrogens (tertiary/aromatic N) is 1. The molecule has 0 saturated carbocycles. The lowest BCUT2D eigenvalue weighted by molar-refractivity contribution is -0.120. The summed E-state index contributed by atoms with van der Waals surface area (Å²) in [5.41, 5.74) is 3.57. The van der Waals surface area contributed by atoms with Gasteiger partial charge in [-0.25, -0.2) is 0 Å². The van der Waals surface area contributed by atoms with E-state index in [2.05, 4.69) is 41.4 Å². The first-order valence-corrected chi connectivity index (χ1v) is 9.85. The summed E-state index contributed by atoms with van der Waals surface area (Å²) in [4.78, 5) is 14.2. The molecule has 1 amide bonds. The van der Waals surface area contributed by atoms with Crippen molar-refractivity contribution in [3.8, 4) is 17.2 Å². The van der Waals surface area contributed by atoms with Gasteiger partial charge in [0.25, 0.3) is 0 Å². The van der Waals surface area contributed by atoms with Crippen molar-refractivity contribution in [2.24, 2.45) is 0 Å². The minimum absolute atomic E-state index is 0.0219. The van der Waals surface area contributed by atoms with Gasteiger partial charge in [-0.1, -0.05) is 12.1 Å². The molecule has 2 aromatic rings. The van der Waals surface area contributed by atoms with Crippen LogP contribution in [0.4, 0.5) is 0 Å². The Morgan fingerprint density at radius 3 is 2.52 bits per heavy atom. The van der Waals surface area contributed by atoms with Crippen LogP contribution in [0.5, 0.6) is 17.2 Å². The van der Waals surface area contributed by atoms with Gasteiger partial charge >= 0.3 is 0 Å². The number of hydrogen-bond donors (Lipinski definition) is 1. The Hall–Kier alpha value is -2.73. The average molecular weight is 399 g/mol. The topological polar surface area (TPSA) is 60.0 Å². The molecule has 6 nitrogen and oxygen atoms in total. The third kappa shape index (κ3) is 4.65. The fourth-order valence-electron chi connectivity index (χ4n) is 4.20. The van der Waals surface area contributed by atoms with E-state index in [0.29, 0.717) is 5.75 Å². The van der Waals surface area contributed by atoms with E-state index in [4.69, 9.17) is 14.2 Å². The molecule has 0 bridgehead atoms. The number of amides is 1. The normalized spacial score (nSPS) is 17.2. The first-order chi connectivity index (χ1) is 14.0. The van der Waals surface area contributed by atoms with Gasteiger partial charge in [0, 0.05) is 26.1 Å². The van der Waals surface area contributed by atoms with Crippen molar-refractivity contribution in [3.63, 3.8) is 0 Å². The van der Waals surface area contributed by atoms with Gasteiger partial charge in [0.05, 0.1) is 27.4 Å². The maximum absolute atomic E-state index is 11.8. The maximum Gasteiger partial charge on any atom is 0.217 e. The molecule has 0 radical (unpaired) electrons. The fraction of sp³-hybridized carbons (Fsp3) is 0.435. The van der Waals surface area contributed by atoms with E-state index >= 15 is 0 Å². The largest absolute Gasteiger partial charge is 0.497 e. The fourth-order valence-corrected chi connectivity index (χ4v) is 4.20. The number of ether oxygens (including phenoxy) is 3. The van der Waals surface area contributed by atoms with Gasteiger partial charge in [0.2, 0.25) is 5.91 Å². The summed E-state index contributed by atoms with van der Waals surface area (Å²) in [6, 6.07) is 12.2. The maximum atomic E-state index is 11.8.